The number of nitrogens with zero attached hydrogens (tertiary/aromatic N) is 2. The van der Waals surface area contributed by atoms with E-state index in [1.54, 1.807) is 11.3 Å². The van der Waals surface area contributed by atoms with Crippen molar-refractivity contribution in [2.45, 2.75) is 19.8 Å². The molecule has 5 nitrogen and oxygen atoms in total. The lowest BCUT2D eigenvalue weighted by Gasteiger charge is -1.97. The van der Waals surface area contributed by atoms with Gasteiger partial charge in [0, 0.05) is 5.92 Å². The summed E-state index contributed by atoms with van der Waals surface area (Å²) in [5, 5.41) is 18.2. The summed E-state index contributed by atoms with van der Waals surface area (Å²) >= 11 is 1.57. The number of aliphatic carboxylic acids is 1. The number of H-pyrrole nitrogens is 1. The van der Waals surface area contributed by atoms with Crippen LogP contribution >= 0.6 is 11.3 Å². The third kappa shape index (κ3) is 1.56. The van der Waals surface area contributed by atoms with Crippen LogP contribution in [0.2, 0.25) is 0 Å². The molecule has 2 N–H and O–H groups in total. The van der Waals surface area contributed by atoms with E-state index in [9.17, 15) is 4.79 Å². The van der Waals surface area contributed by atoms with Crippen molar-refractivity contribution in [1.82, 2.24) is 15.2 Å². The summed E-state index contributed by atoms with van der Waals surface area (Å²) in [4.78, 5) is 16.5. The van der Waals surface area contributed by atoms with Gasteiger partial charge in [0.15, 0.2) is 5.82 Å². The Morgan fingerprint density at radius 1 is 1.56 bits per heavy atom. The molecule has 1 saturated carbocycles. The van der Waals surface area contributed by atoms with Crippen molar-refractivity contribution in [2.24, 2.45) is 11.3 Å². The van der Waals surface area contributed by atoms with Gasteiger partial charge in [-0.05, 0) is 16.9 Å². The van der Waals surface area contributed by atoms with Crippen LogP contribution < -0.4 is 0 Å². The summed E-state index contributed by atoms with van der Waals surface area (Å²) in [6.07, 6.45) is 0. The first-order chi connectivity index (χ1) is 8.51. The van der Waals surface area contributed by atoms with Crippen LogP contribution in [0.25, 0.3) is 10.7 Å². The molecule has 2 aromatic rings. The maximum atomic E-state index is 11.1. The highest BCUT2D eigenvalue weighted by Crippen LogP contribution is 2.63. The normalized spacial score (nSPS) is 25.0. The highest BCUT2D eigenvalue weighted by atomic mass is 32.1. The van der Waals surface area contributed by atoms with Gasteiger partial charge in [-0.15, -0.1) is 11.3 Å². The van der Waals surface area contributed by atoms with Crippen LogP contribution in [0.3, 0.4) is 0 Å². The fourth-order valence-corrected chi connectivity index (χ4v) is 3.20. The Kier molecular flexibility index (Phi) is 2.31. The van der Waals surface area contributed by atoms with E-state index in [-0.39, 0.29) is 17.3 Å². The molecule has 1 aliphatic carbocycles. The van der Waals surface area contributed by atoms with Gasteiger partial charge >= 0.3 is 5.97 Å². The van der Waals surface area contributed by atoms with Crippen LogP contribution in [-0.4, -0.2) is 26.3 Å². The molecular weight excluding hydrogens is 250 g/mol. The number of carbonyl (C=O) groups is 1. The predicted molar refractivity (Wildman–Crippen MR) is 67.3 cm³/mol. The summed E-state index contributed by atoms with van der Waals surface area (Å²) in [5.74, 6) is 0.111. The quantitative estimate of drug-likeness (QED) is 0.891. The zero-order valence-corrected chi connectivity index (χ0v) is 10.9. The number of hydrogen-bond donors (Lipinski definition) is 2. The van der Waals surface area contributed by atoms with E-state index >= 15 is 0 Å². The van der Waals surface area contributed by atoms with Gasteiger partial charge in [0.1, 0.15) is 5.82 Å². The van der Waals surface area contributed by atoms with E-state index in [0.29, 0.717) is 11.6 Å². The zero-order chi connectivity index (χ0) is 12.9. The summed E-state index contributed by atoms with van der Waals surface area (Å²) < 4.78 is 0. The Morgan fingerprint density at radius 3 is 2.89 bits per heavy atom. The molecule has 0 radical (unpaired) electrons. The van der Waals surface area contributed by atoms with Crippen LogP contribution in [0.15, 0.2) is 17.5 Å². The number of aromatic nitrogens is 3. The number of aromatic amines is 1. The molecule has 0 aliphatic heterocycles. The number of rotatable bonds is 3. The van der Waals surface area contributed by atoms with Crippen molar-refractivity contribution in [3.63, 3.8) is 0 Å². The van der Waals surface area contributed by atoms with Crippen molar-refractivity contribution >= 4 is 17.3 Å². The van der Waals surface area contributed by atoms with Gasteiger partial charge < -0.3 is 5.11 Å². The number of nitrogens with one attached hydrogen (secondary N) is 1. The molecule has 2 aromatic heterocycles. The Labute approximate surface area is 108 Å². The summed E-state index contributed by atoms with van der Waals surface area (Å²) in [7, 11) is 0. The summed E-state index contributed by atoms with van der Waals surface area (Å²) in [6.45, 7) is 3.90. The number of hydrogen-bond acceptors (Lipinski definition) is 4. The molecule has 3 rings (SSSR count). The predicted octanol–water partition coefficient (Wildman–Crippen LogP) is 2.36. The average molecular weight is 263 g/mol. The molecular formula is C12H13N3O2S. The molecule has 2 heterocycles. The van der Waals surface area contributed by atoms with Gasteiger partial charge in [0.2, 0.25) is 0 Å². The fraction of sp³-hybridized carbons (Fsp3) is 0.417. The molecule has 6 heteroatoms. The third-order valence-corrected chi connectivity index (χ3v) is 4.50. The number of carboxylic acids is 1. The Hall–Kier alpha value is -1.69. The lowest BCUT2D eigenvalue weighted by molar-refractivity contribution is -0.139. The molecule has 0 bridgehead atoms. The SMILES string of the molecule is CC1(C)C(C(=O)O)C1c1nc(-c2cccs2)n[nH]1. The second-order valence-corrected chi connectivity index (χ2v) is 6.08. The van der Waals surface area contributed by atoms with Crippen molar-refractivity contribution in [2.75, 3.05) is 0 Å². The van der Waals surface area contributed by atoms with E-state index in [1.165, 1.54) is 0 Å². The lowest BCUT2D eigenvalue weighted by atomic mass is 10.1. The molecule has 0 saturated heterocycles. The fourth-order valence-electron chi connectivity index (χ4n) is 2.54. The molecule has 0 amide bonds. The zero-order valence-electron chi connectivity index (χ0n) is 10.0. The molecule has 0 aromatic carbocycles. The topological polar surface area (TPSA) is 78.9 Å². The first kappa shape index (κ1) is 11.4. The van der Waals surface area contributed by atoms with Gasteiger partial charge in [0.05, 0.1) is 10.8 Å². The molecule has 1 fully saturated rings. The second-order valence-electron chi connectivity index (χ2n) is 5.14. The van der Waals surface area contributed by atoms with Crippen LogP contribution in [-0.2, 0) is 4.79 Å². The van der Waals surface area contributed by atoms with Crippen LogP contribution in [0.4, 0.5) is 0 Å². The van der Waals surface area contributed by atoms with Gasteiger partial charge in [-0.25, -0.2) is 4.98 Å². The van der Waals surface area contributed by atoms with Crippen molar-refractivity contribution in [1.29, 1.82) is 0 Å². The second kappa shape index (κ2) is 3.65. The average Bonchev–Trinajstić information content (AvgIpc) is 2.80. The lowest BCUT2D eigenvalue weighted by Crippen LogP contribution is -2.03. The van der Waals surface area contributed by atoms with E-state index in [1.807, 2.05) is 31.4 Å². The number of carboxylic acid groups (broad SMARTS) is 1. The molecule has 0 spiro atoms. The minimum absolute atomic E-state index is 0.0730. The van der Waals surface area contributed by atoms with E-state index in [2.05, 4.69) is 15.2 Å². The maximum Gasteiger partial charge on any atom is 0.307 e. The van der Waals surface area contributed by atoms with Crippen LogP contribution in [0.1, 0.15) is 25.6 Å². The standard InChI is InChI=1S/C12H13N3O2S/c1-12(2)7(8(12)11(16)17)10-13-9(14-15-10)6-4-3-5-18-6/h3-5,7-8H,1-2H3,(H,16,17)(H,13,14,15). The van der Waals surface area contributed by atoms with Gasteiger partial charge in [0.25, 0.3) is 0 Å². The third-order valence-electron chi connectivity index (χ3n) is 3.63. The Balaban J connectivity index is 1.90. The Bertz CT molecular complexity index is 588. The first-order valence-electron chi connectivity index (χ1n) is 5.71. The summed E-state index contributed by atoms with van der Waals surface area (Å²) in [5.41, 5.74) is -0.252. The summed E-state index contributed by atoms with van der Waals surface area (Å²) in [6, 6.07) is 3.89. The minimum Gasteiger partial charge on any atom is -0.481 e. The van der Waals surface area contributed by atoms with E-state index in [0.717, 1.165) is 4.88 Å². The van der Waals surface area contributed by atoms with Crippen molar-refractivity contribution in [3.05, 3.63) is 23.3 Å². The van der Waals surface area contributed by atoms with Crippen molar-refractivity contribution < 1.29 is 9.90 Å². The smallest absolute Gasteiger partial charge is 0.307 e. The molecule has 94 valence electrons. The highest BCUT2D eigenvalue weighted by Gasteiger charge is 2.64. The van der Waals surface area contributed by atoms with Gasteiger partial charge in [-0.2, -0.15) is 5.10 Å². The van der Waals surface area contributed by atoms with Crippen LogP contribution in [0, 0.1) is 11.3 Å². The first-order valence-corrected chi connectivity index (χ1v) is 6.59. The molecule has 1 aliphatic rings. The van der Waals surface area contributed by atoms with E-state index < -0.39 is 5.97 Å². The van der Waals surface area contributed by atoms with Gasteiger partial charge in [-0.1, -0.05) is 19.9 Å². The maximum absolute atomic E-state index is 11.1. The van der Waals surface area contributed by atoms with Crippen molar-refractivity contribution in [3.8, 4) is 10.7 Å². The largest absolute Gasteiger partial charge is 0.481 e. The van der Waals surface area contributed by atoms with E-state index in [4.69, 9.17) is 5.11 Å². The highest BCUT2D eigenvalue weighted by molar-refractivity contribution is 7.13. The van der Waals surface area contributed by atoms with Crippen LogP contribution in [0.5, 0.6) is 0 Å². The van der Waals surface area contributed by atoms with Gasteiger partial charge in [-0.3, -0.25) is 9.89 Å². The molecule has 18 heavy (non-hydrogen) atoms. The number of thiophene rings is 1. The molecule has 2 unspecified atom stereocenters. The minimum atomic E-state index is -0.765. The Morgan fingerprint density at radius 2 is 2.33 bits per heavy atom. The monoisotopic (exact) mass is 263 g/mol. The molecule has 2 atom stereocenters.